The Morgan fingerprint density at radius 1 is 1.07 bits per heavy atom. The van der Waals surface area contributed by atoms with Gasteiger partial charge < -0.3 is 24.6 Å². The van der Waals surface area contributed by atoms with E-state index in [0.717, 1.165) is 38.5 Å². The highest BCUT2D eigenvalue weighted by Gasteiger charge is 2.38. The van der Waals surface area contributed by atoms with Gasteiger partial charge in [0.25, 0.3) is 0 Å². The number of thioether (sulfide) groups is 1. The number of H-pyrrole nitrogens is 1. The summed E-state index contributed by atoms with van der Waals surface area (Å²) >= 11 is 1.57. The monoisotopic (exact) mass is 586 g/mol. The summed E-state index contributed by atoms with van der Waals surface area (Å²) in [6, 6.07) is 24.0. The summed E-state index contributed by atoms with van der Waals surface area (Å²) in [6.45, 7) is 6.21. The number of aromatic nitrogens is 3. The highest BCUT2D eigenvalue weighted by Crippen LogP contribution is 2.43. The van der Waals surface area contributed by atoms with E-state index in [1.165, 1.54) is 12.4 Å². The lowest BCUT2D eigenvalue weighted by atomic mass is 9.91. The Bertz CT molecular complexity index is 1450. The van der Waals surface area contributed by atoms with Gasteiger partial charge in [0.2, 0.25) is 0 Å². The van der Waals surface area contributed by atoms with E-state index in [0.29, 0.717) is 12.3 Å². The number of alkyl carbamates (subject to hydrolysis) is 1. The van der Waals surface area contributed by atoms with Crippen molar-refractivity contribution in [1.82, 2.24) is 20.5 Å². The molecule has 1 amide bonds. The number of aromatic amines is 1. The normalized spacial score (nSPS) is 20.1. The molecule has 2 heterocycles. The van der Waals surface area contributed by atoms with Gasteiger partial charge in [-0.05, 0) is 33.9 Å². The second-order valence-electron chi connectivity index (χ2n) is 9.99. The number of carbonyl (C=O) groups is 1. The Morgan fingerprint density at radius 2 is 1.86 bits per heavy atom. The fourth-order valence-electron chi connectivity index (χ4n) is 4.79. The number of amides is 1. The van der Waals surface area contributed by atoms with Gasteiger partial charge in [0.1, 0.15) is 12.9 Å². The molecule has 9 nitrogen and oxygen atoms in total. The third-order valence-electron chi connectivity index (χ3n) is 7.11. The van der Waals surface area contributed by atoms with Gasteiger partial charge in [0.15, 0.2) is 11.4 Å². The van der Waals surface area contributed by atoms with Crippen LogP contribution in [0, 0.1) is 5.92 Å². The minimum atomic E-state index is -0.560. The Labute approximate surface area is 249 Å². The lowest BCUT2D eigenvalue weighted by Crippen LogP contribution is -2.38. The Hall–Kier alpha value is -3.96. The van der Waals surface area contributed by atoms with Crippen LogP contribution in [0.4, 0.5) is 4.79 Å². The van der Waals surface area contributed by atoms with Crippen molar-refractivity contribution in [3.05, 3.63) is 114 Å². The van der Waals surface area contributed by atoms with Gasteiger partial charge >= 0.3 is 6.09 Å². The minimum Gasteiger partial charge on any atom is -0.445 e. The molecule has 3 N–H and O–H groups in total. The summed E-state index contributed by atoms with van der Waals surface area (Å²) in [5, 5.41) is 19.8. The van der Waals surface area contributed by atoms with Crippen LogP contribution in [0.2, 0.25) is 0 Å². The van der Waals surface area contributed by atoms with Crippen LogP contribution < -0.4 is 5.32 Å². The van der Waals surface area contributed by atoms with Crippen molar-refractivity contribution in [2.75, 3.05) is 12.4 Å². The fraction of sp³-hybridized carbons (Fsp3) is 0.281. The molecule has 1 fully saturated rings. The number of carbonyl (C=O) groups excluding carboxylic acids is 1. The van der Waals surface area contributed by atoms with Crippen LogP contribution in [-0.2, 0) is 27.4 Å². The summed E-state index contributed by atoms with van der Waals surface area (Å²) in [6.07, 6.45) is 1.68. The van der Waals surface area contributed by atoms with E-state index in [-0.39, 0.29) is 31.3 Å². The number of ether oxygens (including phenoxy) is 3. The quantitative estimate of drug-likeness (QED) is 0.146. The van der Waals surface area contributed by atoms with E-state index in [2.05, 4.69) is 34.0 Å². The first-order valence-corrected chi connectivity index (χ1v) is 14.7. The third-order valence-corrected chi connectivity index (χ3v) is 8.08. The van der Waals surface area contributed by atoms with Crippen LogP contribution in [0.15, 0.2) is 96.9 Å². The lowest BCUT2D eigenvalue weighted by Gasteiger charge is -2.41. The zero-order valence-electron chi connectivity index (χ0n) is 23.3. The highest BCUT2D eigenvalue weighted by molar-refractivity contribution is 7.99. The molecule has 0 saturated carbocycles. The largest absolute Gasteiger partial charge is 0.445 e. The molecule has 0 radical (unpaired) electrons. The molecule has 10 heteroatoms. The Balaban J connectivity index is 1.31. The molecule has 42 heavy (non-hydrogen) atoms. The van der Waals surface area contributed by atoms with Crippen molar-refractivity contribution >= 4 is 17.9 Å². The van der Waals surface area contributed by atoms with Crippen molar-refractivity contribution in [3.63, 3.8) is 0 Å². The van der Waals surface area contributed by atoms with Gasteiger partial charge in [-0.2, -0.15) is 5.10 Å². The Kier molecular flexibility index (Phi) is 10.0. The topological polar surface area (TPSA) is 119 Å². The number of hydrogen-bond donors (Lipinski definition) is 3. The lowest BCUT2D eigenvalue weighted by molar-refractivity contribution is -0.268. The fourth-order valence-corrected chi connectivity index (χ4v) is 5.73. The van der Waals surface area contributed by atoms with Crippen molar-refractivity contribution in [1.29, 1.82) is 0 Å². The minimum absolute atomic E-state index is 0.00240. The number of hydrogen-bond acceptors (Lipinski definition) is 8. The first-order chi connectivity index (χ1) is 20.5. The molecular weight excluding hydrogens is 552 g/mol. The highest BCUT2D eigenvalue weighted by atomic mass is 32.2. The van der Waals surface area contributed by atoms with Crippen LogP contribution in [0.1, 0.15) is 41.6 Å². The van der Waals surface area contributed by atoms with Crippen LogP contribution >= 0.6 is 11.8 Å². The van der Waals surface area contributed by atoms with E-state index < -0.39 is 12.4 Å². The van der Waals surface area contributed by atoms with Crippen molar-refractivity contribution in [3.8, 4) is 11.1 Å². The first kappa shape index (κ1) is 29.5. The molecule has 0 aliphatic carbocycles. The molecule has 5 rings (SSSR count). The maximum absolute atomic E-state index is 11.8. The van der Waals surface area contributed by atoms with Crippen LogP contribution in [0.25, 0.3) is 11.1 Å². The number of benzene rings is 3. The van der Waals surface area contributed by atoms with E-state index in [1.54, 1.807) is 11.8 Å². The summed E-state index contributed by atoms with van der Waals surface area (Å²) in [5.74, 6) is 0.753. The number of rotatable bonds is 11. The molecule has 4 atom stereocenters. The predicted octanol–water partition coefficient (Wildman–Crippen LogP) is 5.96. The average molecular weight is 587 g/mol. The van der Waals surface area contributed by atoms with Gasteiger partial charge in [-0.15, -0.1) is 0 Å². The maximum Gasteiger partial charge on any atom is 0.407 e. The molecule has 1 saturated heterocycles. The van der Waals surface area contributed by atoms with Gasteiger partial charge in [-0.25, -0.2) is 9.78 Å². The number of nitrogens with one attached hydrogen (secondary N) is 2. The Morgan fingerprint density at radius 3 is 2.57 bits per heavy atom. The first-order valence-electron chi connectivity index (χ1n) is 13.7. The molecule has 0 spiro atoms. The van der Waals surface area contributed by atoms with Crippen molar-refractivity contribution in [2.24, 2.45) is 5.92 Å². The van der Waals surface area contributed by atoms with E-state index >= 15 is 0 Å². The summed E-state index contributed by atoms with van der Waals surface area (Å²) in [7, 11) is 0. The summed E-state index contributed by atoms with van der Waals surface area (Å²) in [4.78, 5) is 16.0. The third kappa shape index (κ3) is 7.46. The van der Waals surface area contributed by atoms with E-state index in [1.807, 2.05) is 72.8 Å². The van der Waals surface area contributed by atoms with Crippen LogP contribution in [-0.4, -0.2) is 44.8 Å². The molecule has 3 aromatic carbocycles. The zero-order valence-corrected chi connectivity index (χ0v) is 24.1. The van der Waals surface area contributed by atoms with E-state index in [9.17, 15) is 9.90 Å². The second kappa shape index (κ2) is 14.3. The predicted molar refractivity (Wildman–Crippen MR) is 160 cm³/mol. The van der Waals surface area contributed by atoms with Crippen LogP contribution in [0.5, 0.6) is 0 Å². The molecule has 4 aromatic rings. The number of aliphatic hydroxyl groups is 1. The smallest absolute Gasteiger partial charge is 0.407 e. The summed E-state index contributed by atoms with van der Waals surface area (Å²) < 4.78 is 18.1. The zero-order chi connectivity index (χ0) is 29.3. The molecule has 0 bridgehead atoms. The van der Waals surface area contributed by atoms with Crippen molar-refractivity contribution in [2.45, 2.75) is 43.7 Å². The molecule has 4 unspecified atom stereocenters. The standard InChI is InChI=1S/C32H34N4O5S/c1-3-15-39-32(38)33-17-23-5-4-6-27(16-23)24-11-13-26(14-12-24)30-40-28(19-42-31-34-20-35-36-31)21(2)29(41-30)25-9-7-22(18-37)8-10-25/h3-14,16,20-21,28-30,37H,1,15,17-19H2,2H3,(H,33,38)(H,34,35,36). The molecule has 1 aliphatic rings. The van der Waals surface area contributed by atoms with Crippen molar-refractivity contribution < 1.29 is 24.1 Å². The molecule has 218 valence electrons. The molecular formula is C32H34N4O5S. The average Bonchev–Trinajstić information content (AvgIpc) is 3.56. The second-order valence-corrected chi connectivity index (χ2v) is 11.0. The molecule has 1 aromatic heterocycles. The van der Waals surface area contributed by atoms with Gasteiger partial charge in [0.05, 0.1) is 18.8 Å². The molecule has 1 aliphatic heterocycles. The SMILES string of the molecule is C=CCOC(=O)NCc1cccc(-c2ccc(C3OC(CSc4ncn[nH]4)C(C)C(c4ccc(CO)cc4)O3)cc2)c1. The van der Waals surface area contributed by atoms with Gasteiger partial charge in [-0.3, -0.25) is 5.10 Å². The summed E-state index contributed by atoms with van der Waals surface area (Å²) in [5.41, 5.74) is 5.84. The van der Waals surface area contributed by atoms with E-state index in [4.69, 9.17) is 14.2 Å². The number of aliphatic hydroxyl groups excluding tert-OH is 1. The maximum atomic E-state index is 11.8. The number of nitrogens with zero attached hydrogens (tertiary/aromatic N) is 2. The van der Waals surface area contributed by atoms with Crippen LogP contribution in [0.3, 0.4) is 0 Å². The van der Waals surface area contributed by atoms with Gasteiger partial charge in [-0.1, -0.05) is 98.1 Å². The van der Waals surface area contributed by atoms with Gasteiger partial charge in [0, 0.05) is 23.8 Å².